The first-order valence-electron chi connectivity index (χ1n) is 9.13. The summed E-state index contributed by atoms with van der Waals surface area (Å²) in [5.41, 5.74) is 2.03. The Balaban J connectivity index is 1.88. The zero-order chi connectivity index (χ0) is 18.9. The molecule has 0 fully saturated rings. The fourth-order valence-electron chi connectivity index (χ4n) is 2.70. The van der Waals surface area contributed by atoms with E-state index >= 15 is 0 Å². The Bertz CT molecular complexity index is 822. The molecule has 0 amide bonds. The molecule has 3 aromatic rings. The van der Waals surface area contributed by atoms with Gasteiger partial charge in [-0.05, 0) is 31.2 Å². The molecule has 6 nitrogen and oxygen atoms in total. The predicted octanol–water partition coefficient (Wildman–Crippen LogP) is 1.98. The summed E-state index contributed by atoms with van der Waals surface area (Å²) < 4.78 is 7.64. The summed E-state index contributed by atoms with van der Waals surface area (Å²) in [5, 5.41) is 20.7. The Morgan fingerprint density at radius 2 is 1.81 bits per heavy atom. The number of rotatable bonds is 10. The second-order valence-electron chi connectivity index (χ2n) is 5.87. The number of ether oxygens (including phenoxy) is 1. The van der Waals surface area contributed by atoms with Crippen molar-refractivity contribution >= 4 is 11.8 Å². The van der Waals surface area contributed by atoms with Crippen molar-refractivity contribution in [3.8, 4) is 22.8 Å². The van der Waals surface area contributed by atoms with Crippen LogP contribution in [0.2, 0.25) is 0 Å². The van der Waals surface area contributed by atoms with Gasteiger partial charge in [0.2, 0.25) is 0 Å². The van der Waals surface area contributed by atoms with E-state index in [0.29, 0.717) is 6.61 Å². The van der Waals surface area contributed by atoms with Gasteiger partial charge in [0.05, 0.1) is 32.1 Å². The molecule has 0 aliphatic rings. The van der Waals surface area contributed by atoms with Gasteiger partial charge in [-0.1, -0.05) is 42.1 Å². The number of aliphatic hydroxyl groups is 1. The maximum Gasteiger partial charge on any atom is 0.196 e. The molecule has 0 aliphatic heterocycles. The number of hydrogen-bond acceptors (Lipinski definition) is 5. The number of aromatic nitrogens is 3. The topological polar surface area (TPSA) is 76.8 Å². The van der Waals surface area contributed by atoms with Gasteiger partial charge < -0.3 is 15.2 Å². The summed E-state index contributed by atoms with van der Waals surface area (Å²) in [6.07, 6.45) is 0. The minimum atomic E-state index is 0.200. The molecule has 0 unspecified atom stereocenters. The minimum Gasteiger partial charge on any atom is -0.494 e. The van der Waals surface area contributed by atoms with E-state index in [1.807, 2.05) is 61.5 Å². The maximum absolute atomic E-state index is 8.89. The molecule has 1 aromatic heterocycles. The van der Waals surface area contributed by atoms with E-state index in [1.54, 1.807) is 11.8 Å². The summed E-state index contributed by atoms with van der Waals surface area (Å²) >= 11 is 1.67. The first-order chi connectivity index (χ1) is 13.3. The number of aliphatic hydroxyl groups excluding tert-OH is 1. The number of nitrogens with two attached hydrogens (primary N) is 1. The number of quaternary nitrogens is 1. The molecule has 2 aromatic carbocycles. The summed E-state index contributed by atoms with van der Waals surface area (Å²) in [7, 11) is 0. The average molecular weight is 386 g/mol. The van der Waals surface area contributed by atoms with Crippen LogP contribution in [0.15, 0.2) is 59.8 Å². The molecule has 3 rings (SSSR count). The van der Waals surface area contributed by atoms with Crippen LogP contribution in [0.4, 0.5) is 0 Å². The van der Waals surface area contributed by atoms with Crippen LogP contribution in [-0.4, -0.2) is 51.9 Å². The van der Waals surface area contributed by atoms with Crippen molar-refractivity contribution < 1.29 is 15.2 Å². The molecule has 1 heterocycles. The maximum atomic E-state index is 8.89. The first-order valence-corrected chi connectivity index (χ1v) is 10.1. The largest absolute Gasteiger partial charge is 0.494 e. The molecular weight excluding hydrogens is 360 g/mol. The van der Waals surface area contributed by atoms with E-state index in [0.717, 1.165) is 46.8 Å². The lowest BCUT2D eigenvalue weighted by Gasteiger charge is -2.11. The minimum absolute atomic E-state index is 0.200. The van der Waals surface area contributed by atoms with E-state index in [1.165, 1.54) is 0 Å². The summed E-state index contributed by atoms with van der Waals surface area (Å²) in [5.74, 6) is 2.56. The van der Waals surface area contributed by atoms with E-state index in [2.05, 4.69) is 20.1 Å². The monoisotopic (exact) mass is 385 g/mol. The molecule has 0 saturated heterocycles. The third-order valence-corrected chi connectivity index (χ3v) is 4.92. The fourth-order valence-corrected chi connectivity index (χ4v) is 3.58. The van der Waals surface area contributed by atoms with Gasteiger partial charge in [-0.15, -0.1) is 10.2 Å². The Labute approximate surface area is 163 Å². The molecule has 0 saturated carbocycles. The number of nitrogens with zero attached hydrogens (tertiary/aromatic N) is 3. The van der Waals surface area contributed by atoms with Gasteiger partial charge in [-0.3, -0.25) is 4.57 Å². The van der Waals surface area contributed by atoms with Crippen LogP contribution in [0.5, 0.6) is 5.75 Å². The van der Waals surface area contributed by atoms with Crippen molar-refractivity contribution in [1.29, 1.82) is 0 Å². The molecule has 3 N–H and O–H groups in total. The van der Waals surface area contributed by atoms with E-state index in [-0.39, 0.29) is 6.61 Å². The Kier molecular flexibility index (Phi) is 7.27. The van der Waals surface area contributed by atoms with Crippen molar-refractivity contribution in [1.82, 2.24) is 14.8 Å². The highest BCUT2D eigenvalue weighted by Crippen LogP contribution is 2.28. The fraction of sp³-hybridized carbons (Fsp3) is 0.300. The zero-order valence-electron chi connectivity index (χ0n) is 15.4. The molecule has 27 heavy (non-hydrogen) atoms. The molecule has 0 aliphatic carbocycles. The summed E-state index contributed by atoms with van der Waals surface area (Å²) in [6, 6.07) is 18.1. The molecule has 0 atom stereocenters. The SMILES string of the molecule is CCOc1ccc(-n2c(SCC[NH2+]CCO)nnc2-c2ccccc2)cc1. The van der Waals surface area contributed by atoms with Crippen LogP contribution in [0.1, 0.15) is 6.92 Å². The number of benzene rings is 2. The lowest BCUT2D eigenvalue weighted by molar-refractivity contribution is -0.651. The van der Waals surface area contributed by atoms with Gasteiger partial charge in [-0.25, -0.2) is 0 Å². The highest BCUT2D eigenvalue weighted by molar-refractivity contribution is 7.99. The van der Waals surface area contributed by atoms with Gasteiger partial charge in [0, 0.05) is 11.3 Å². The second kappa shape index (κ2) is 10.1. The van der Waals surface area contributed by atoms with E-state index in [9.17, 15) is 0 Å². The summed E-state index contributed by atoms with van der Waals surface area (Å²) in [6.45, 7) is 4.46. The normalized spacial score (nSPS) is 10.9. The smallest absolute Gasteiger partial charge is 0.196 e. The van der Waals surface area contributed by atoms with Gasteiger partial charge in [0.25, 0.3) is 0 Å². The Morgan fingerprint density at radius 3 is 2.52 bits per heavy atom. The van der Waals surface area contributed by atoms with Crippen molar-refractivity contribution in [3.05, 3.63) is 54.6 Å². The van der Waals surface area contributed by atoms with E-state index in [4.69, 9.17) is 9.84 Å². The standard InChI is InChI=1S/C20H24N4O2S/c1-2-26-18-10-8-17(9-11-18)24-19(16-6-4-3-5-7-16)22-23-20(24)27-15-13-21-12-14-25/h3-11,21,25H,2,12-15H2,1H3/p+1. The van der Waals surface area contributed by atoms with Crippen LogP contribution in [0.25, 0.3) is 17.1 Å². The van der Waals surface area contributed by atoms with Crippen molar-refractivity contribution in [2.24, 2.45) is 0 Å². The van der Waals surface area contributed by atoms with Gasteiger partial charge in [0.1, 0.15) is 5.75 Å². The third-order valence-electron chi connectivity index (χ3n) is 3.96. The third kappa shape index (κ3) is 5.09. The van der Waals surface area contributed by atoms with Gasteiger partial charge in [-0.2, -0.15) is 0 Å². The quantitative estimate of drug-likeness (QED) is 0.412. The molecule has 7 heteroatoms. The van der Waals surface area contributed by atoms with Crippen LogP contribution < -0.4 is 10.1 Å². The lowest BCUT2D eigenvalue weighted by atomic mass is 10.2. The molecule has 0 spiro atoms. The highest BCUT2D eigenvalue weighted by Gasteiger charge is 2.16. The lowest BCUT2D eigenvalue weighted by Crippen LogP contribution is -2.85. The first kappa shape index (κ1) is 19.4. The van der Waals surface area contributed by atoms with Crippen LogP contribution in [0, 0.1) is 0 Å². The molecule has 0 radical (unpaired) electrons. The number of thioether (sulfide) groups is 1. The Morgan fingerprint density at radius 1 is 1.04 bits per heavy atom. The molecular formula is C20H25N4O2S+. The molecule has 0 bridgehead atoms. The van der Waals surface area contributed by atoms with Crippen molar-refractivity contribution in [3.63, 3.8) is 0 Å². The summed E-state index contributed by atoms with van der Waals surface area (Å²) in [4.78, 5) is 0. The van der Waals surface area contributed by atoms with Crippen molar-refractivity contribution in [2.45, 2.75) is 12.1 Å². The number of hydrogen-bond donors (Lipinski definition) is 2. The van der Waals surface area contributed by atoms with Gasteiger partial charge >= 0.3 is 0 Å². The average Bonchev–Trinajstić information content (AvgIpc) is 3.13. The van der Waals surface area contributed by atoms with Gasteiger partial charge in [0.15, 0.2) is 11.0 Å². The second-order valence-corrected chi connectivity index (χ2v) is 6.93. The highest BCUT2D eigenvalue weighted by atomic mass is 32.2. The predicted molar refractivity (Wildman–Crippen MR) is 107 cm³/mol. The zero-order valence-corrected chi connectivity index (χ0v) is 16.2. The van der Waals surface area contributed by atoms with Crippen LogP contribution in [-0.2, 0) is 0 Å². The van der Waals surface area contributed by atoms with Crippen molar-refractivity contribution in [2.75, 3.05) is 32.1 Å². The van der Waals surface area contributed by atoms with Crippen LogP contribution >= 0.6 is 11.8 Å². The van der Waals surface area contributed by atoms with E-state index < -0.39 is 0 Å². The molecule has 142 valence electrons. The Hall–Kier alpha value is -2.35. The van der Waals surface area contributed by atoms with Crippen LogP contribution in [0.3, 0.4) is 0 Å².